The fourth-order valence-corrected chi connectivity index (χ4v) is 10.3. The van der Waals surface area contributed by atoms with Crippen LogP contribution < -0.4 is 28.8 Å². The van der Waals surface area contributed by atoms with Crippen molar-refractivity contribution in [1.82, 2.24) is 4.90 Å². The topological polar surface area (TPSA) is 110 Å². The van der Waals surface area contributed by atoms with Gasteiger partial charge in [-0.2, -0.15) is 0 Å². The molecule has 4 aromatic rings. The minimum atomic E-state index is -0.935. The van der Waals surface area contributed by atoms with Gasteiger partial charge in [0.1, 0.15) is 11.8 Å². The molecule has 0 saturated heterocycles. The number of carboxylic acid groups (broad SMARTS) is 1. The molecule has 0 aliphatic carbocycles. The van der Waals surface area contributed by atoms with Gasteiger partial charge in [0.25, 0.3) is 0 Å². The summed E-state index contributed by atoms with van der Waals surface area (Å²) >= 11 is 0. The zero-order chi connectivity index (χ0) is 44.3. The zero-order valence-electron chi connectivity index (χ0n) is 39.3. The van der Waals surface area contributed by atoms with Gasteiger partial charge in [-0.05, 0) is 116 Å². The highest BCUT2D eigenvalue weighted by molar-refractivity contribution is 14.0. The Morgan fingerprint density at radius 2 is 1.29 bits per heavy atom. The Balaban J connectivity index is 0.00000397. The number of aliphatic carboxylic acids is 1. The molecule has 65 heavy (non-hydrogen) atoms. The maximum atomic E-state index is 12.1. The average Bonchev–Trinajstić information content (AvgIpc) is 3.28. The number of phenols is 1. The number of ether oxygens (including phenoxy) is 5. The molecule has 10 nitrogen and oxygen atoms in total. The first-order valence-electron chi connectivity index (χ1n) is 23.6. The van der Waals surface area contributed by atoms with Gasteiger partial charge in [-0.1, -0.05) is 82.4 Å². The number of nitrogens with zero attached hydrogens (tertiary/aromatic N) is 2. The number of carbonyl (C=O) groups is 1. The van der Waals surface area contributed by atoms with Crippen LogP contribution in [0, 0.1) is 0 Å². The van der Waals surface area contributed by atoms with Crippen LogP contribution in [0.4, 0.5) is 0 Å². The highest BCUT2D eigenvalue weighted by atomic mass is 127. The highest BCUT2D eigenvalue weighted by Gasteiger charge is 2.43. The minimum Gasteiger partial charge on any atom is -0.550 e. The fraction of sp³-hybridized carbons (Fsp3) is 0.528. The molecule has 4 aliphatic heterocycles. The van der Waals surface area contributed by atoms with Gasteiger partial charge >= 0.3 is 0 Å². The number of unbranched alkanes of at least 4 members (excludes halogenated alkanes) is 12. The number of halogens is 2. The lowest BCUT2D eigenvalue weighted by atomic mass is 9.85. The number of hydrogen-bond donors (Lipinski definition) is 1. The first-order chi connectivity index (χ1) is 30.6. The predicted molar refractivity (Wildman–Crippen MR) is 277 cm³/mol. The van der Waals surface area contributed by atoms with Crippen molar-refractivity contribution in [3.05, 3.63) is 94.0 Å². The lowest BCUT2D eigenvalue weighted by Gasteiger charge is -2.46. The maximum Gasteiger partial charge on any atom is 0.201 e. The van der Waals surface area contributed by atoms with Crippen molar-refractivity contribution in [2.45, 2.75) is 128 Å². The molecule has 356 valence electrons. The number of methoxy groups -OCH3 is 3. The number of phenolic OH excluding ortho intramolecular Hbond substituents is 1. The van der Waals surface area contributed by atoms with E-state index in [9.17, 15) is 15.0 Å². The molecule has 4 aromatic carbocycles. The van der Waals surface area contributed by atoms with Crippen molar-refractivity contribution < 1.29 is 43.2 Å². The van der Waals surface area contributed by atoms with Gasteiger partial charge in [-0.3, -0.25) is 4.90 Å². The summed E-state index contributed by atoms with van der Waals surface area (Å²) in [6.45, 7) is 2.88. The number of benzene rings is 4. The van der Waals surface area contributed by atoms with Crippen molar-refractivity contribution in [3.8, 4) is 46.0 Å². The SMILES string of the molecule is COc1ccc2cc1Oc1ccc(cc1)CC1c3cc(c(OC)cc3CCN1C)Oc1c(O)c(OC)cc3c1C(C2)[N+](C)(CCCCCCCCCCCCCCCC(=O)[O-])CC3.I.I. The molecular formula is C53H72I2N2O8. The largest absolute Gasteiger partial charge is 0.550 e. The summed E-state index contributed by atoms with van der Waals surface area (Å²) in [6, 6.07) is 21.0. The monoisotopic (exact) mass is 1120 g/mol. The van der Waals surface area contributed by atoms with E-state index in [0.29, 0.717) is 40.9 Å². The van der Waals surface area contributed by atoms with Gasteiger partial charge < -0.3 is 43.2 Å². The van der Waals surface area contributed by atoms with Crippen LogP contribution in [0.1, 0.15) is 135 Å². The van der Waals surface area contributed by atoms with E-state index in [1.165, 1.54) is 74.5 Å². The molecule has 12 heteroatoms. The molecule has 6 bridgehead atoms. The quantitative estimate of drug-likeness (QED) is 0.0558. The summed E-state index contributed by atoms with van der Waals surface area (Å²) in [6.07, 6.45) is 18.5. The molecule has 3 unspecified atom stereocenters. The van der Waals surface area contributed by atoms with Crippen LogP contribution in [0.5, 0.6) is 46.0 Å². The van der Waals surface area contributed by atoms with E-state index in [1.807, 2.05) is 12.1 Å². The molecular weight excluding hydrogens is 1050 g/mol. The van der Waals surface area contributed by atoms with Crippen LogP contribution in [0.3, 0.4) is 0 Å². The number of carboxylic acids is 1. The standard InChI is InChI=1S/C53H70N2O8.2HI/c1-54-28-26-39-34-46(60-4)48-36-42(39)43(54)31-37-20-23-41(24-21-37)62-47-33-38(22-25-45(47)59-3)32-44-51-40(35-49(61-5)52(58)53(51)63-48)27-30-55(44,2)29-18-16-14-12-10-8-6-7-9-11-13-15-17-19-50(56)57;;/h20-25,33-36,43-44H,6-19,26-32H2,1-5H3,(H-,56,57,58);2*1H. The van der Waals surface area contributed by atoms with Crippen LogP contribution >= 0.6 is 48.0 Å². The van der Waals surface area contributed by atoms with E-state index in [1.54, 1.807) is 21.3 Å². The molecule has 4 aliphatic rings. The van der Waals surface area contributed by atoms with Gasteiger partial charge in [0.05, 0.1) is 47.0 Å². The number of rotatable bonds is 19. The number of aromatic hydroxyl groups is 1. The Hall–Kier alpha value is -3.47. The van der Waals surface area contributed by atoms with E-state index >= 15 is 0 Å². The summed E-state index contributed by atoms with van der Waals surface area (Å²) in [7, 11) is 9.56. The lowest BCUT2D eigenvalue weighted by molar-refractivity contribution is -0.941. The fourth-order valence-electron chi connectivity index (χ4n) is 10.3. The van der Waals surface area contributed by atoms with E-state index < -0.39 is 5.97 Å². The van der Waals surface area contributed by atoms with E-state index in [0.717, 1.165) is 91.5 Å². The van der Waals surface area contributed by atoms with Crippen molar-refractivity contribution >= 4 is 53.9 Å². The van der Waals surface area contributed by atoms with Crippen molar-refractivity contribution in [3.63, 3.8) is 0 Å². The summed E-state index contributed by atoms with van der Waals surface area (Å²) in [5, 5.41) is 22.7. The van der Waals surface area contributed by atoms with E-state index in [4.69, 9.17) is 23.7 Å². The Kier molecular flexibility index (Phi) is 20.2. The second-order valence-electron chi connectivity index (χ2n) is 18.4. The highest BCUT2D eigenvalue weighted by Crippen LogP contribution is 2.53. The van der Waals surface area contributed by atoms with Crippen LogP contribution in [0.2, 0.25) is 0 Å². The van der Waals surface area contributed by atoms with E-state index in [2.05, 4.69) is 67.5 Å². The Bertz CT molecular complexity index is 2170. The summed E-state index contributed by atoms with van der Waals surface area (Å²) in [5.41, 5.74) is 6.91. The van der Waals surface area contributed by atoms with Crippen molar-refractivity contribution in [1.29, 1.82) is 0 Å². The molecule has 1 N–H and O–H groups in total. The molecule has 0 fully saturated rings. The first kappa shape index (κ1) is 52.5. The van der Waals surface area contributed by atoms with Crippen LogP contribution in [0.15, 0.2) is 60.7 Å². The summed E-state index contributed by atoms with van der Waals surface area (Å²) in [4.78, 5) is 13.0. The second kappa shape index (κ2) is 25.1. The van der Waals surface area contributed by atoms with Crippen LogP contribution in [-0.2, 0) is 30.5 Å². The van der Waals surface area contributed by atoms with Gasteiger partial charge in [0.2, 0.25) is 5.75 Å². The summed E-state index contributed by atoms with van der Waals surface area (Å²) < 4.78 is 32.2. The molecule has 0 radical (unpaired) electrons. The number of hydrogen-bond acceptors (Lipinski definition) is 9. The molecule has 0 aromatic heterocycles. The molecule has 0 saturated carbocycles. The maximum absolute atomic E-state index is 12.1. The third-order valence-electron chi connectivity index (χ3n) is 14.1. The smallest absolute Gasteiger partial charge is 0.201 e. The van der Waals surface area contributed by atoms with Crippen molar-refractivity contribution in [2.24, 2.45) is 0 Å². The normalized spacial score (nSPS) is 18.7. The van der Waals surface area contributed by atoms with Gasteiger partial charge in [-0.25, -0.2) is 0 Å². The third-order valence-corrected chi connectivity index (χ3v) is 14.1. The van der Waals surface area contributed by atoms with E-state index in [-0.39, 0.29) is 72.2 Å². The third kappa shape index (κ3) is 13.2. The minimum absolute atomic E-state index is 0. The Labute approximate surface area is 422 Å². The second-order valence-corrected chi connectivity index (χ2v) is 18.4. The molecule has 0 spiro atoms. The van der Waals surface area contributed by atoms with Gasteiger partial charge in [0.15, 0.2) is 34.5 Å². The summed E-state index contributed by atoms with van der Waals surface area (Å²) in [5.74, 6) is 3.26. The Morgan fingerprint density at radius 1 is 0.708 bits per heavy atom. The number of quaternary nitrogens is 1. The predicted octanol–water partition coefficient (Wildman–Crippen LogP) is 11.8. The molecule has 3 atom stereocenters. The average molecular weight is 1120 g/mol. The Morgan fingerprint density at radius 3 is 1.92 bits per heavy atom. The van der Waals surface area contributed by atoms with Gasteiger partial charge in [0, 0.05) is 31.4 Å². The number of fused-ring (bicyclic) bond motifs is 2. The molecule has 0 amide bonds. The molecule has 8 rings (SSSR count). The molecule has 4 heterocycles. The zero-order valence-corrected chi connectivity index (χ0v) is 44.0. The lowest BCUT2D eigenvalue weighted by Crippen LogP contribution is -2.52. The van der Waals surface area contributed by atoms with Crippen LogP contribution in [0.25, 0.3) is 0 Å². The van der Waals surface area contributed by atoms with Crippen molar-refractivity contribution in [2.75, 3.05) is 55.1 Å². The number of likely N-dealkylation sites (N-methyl/N-ethyl adjacent to an activating group) is 2. The first-order valence-corrected chi connectivity index (χ1v) is 23.6. The number of carbonyl (C=O) groups excluding carboxylic acids is 1. The van der Waals surface area contributed by atoms with Crippen LogP contribution in [-0.4, -0.2) is 75.5 Å². The van der Waals surface area contributed by atoms with Gasteiger partial charge in [-0.15, -0.1) is 48.0 Å².